The van der Waals surface area contributed by atoms with Gasteiger partial charge in [0, 0.05) is 31.6 Å². The van der Waals surface area contributed by atoms with Gasteiger partial charge in [0.15, 0.2) is 0 Å². The van der Waals surface area contributed by atoms with E-state index in [1.165, 1.54) is 0 Å². The molecule has 5 nitrogen and oxygen atoms in total. The third kappa shape index (κ3) is 4.04. The molecule has 1 unspecified atom stereocenters. The van der Waals surface area contributed by atoms with Gasteiger partial charge in [-0.15, -0.1) is 0 Å². The smallest absolute Gasteiger partial charge is 0.263 e. The van der Waals surface area contributed by atoms with E-state index >= 15 is 0 Å². The van der Waals surface area contributed by atoms with E-state index in [-0.39, 0.29) is 5.78 Å². The van der Waals surface area contributed by atoms with Gasteiger partial charge >= 0.3 is 0 Å². The van der Waals surface area contributed by atoms with Crippen molar-refractivity contribution >= 4 is 27.2 Å². The van der Waals surface area contributed by atoms with Gasteiger partial charge < -0.3 is 4.90 Å². The number of aryl methyl sites for hydroxylation is 3. The summed E-state index contributed by atoms with van der Waals surface area (Å²) in [6, 6.07) is 9.33. The van der Waals surface area contributed by atoms with Crippen molar-refractivity contribution in [3.05, 3.63) is 52.6 Å². The maximum absolute atomic E-state index is 13.4. The maximum atomic E-state index is 13.4. The molecule has 1 fully saturated rings. The van der Waals surface area contributed by atoms with Gasteiger partial charge in [-0.1, -0.05) is 13.0 Å². The van der Waals surface area contributed by atoms with Crippen molar-refractivity contribution in [3.8, 4) is 0 Å². The van der Waals surface area contributed by atoms with Crippen LogP contribution in [0.2, 0.25) is 0 Å². The number of fused-ring (bicyclic) bond motifs is 1. The van der Waals surface area contributed by atoms with Crippen LogP contribution < -0.4 is 9.62 Å². The maximum Gasteiger partial charge on any atom is 0.263 e. The first-order chi connectivity index (χ1) is 13.7. The lowest BCUT2D eigenvalue weighted by atomic mass is 9.90. The molecule has 1 saturated heterocycles. The summed E-state index contributed by atoms with van der Waals surface area (Å²) in [5.41, 5.74) is 5.41. The molecular weight excluding hydrogens is 384 g/mol. The van der Waals surface area contributed by atoms with E-state index in [1.54, 1.807) is 12.1 Å². The van der Waals surface area contributed by atoms with Crippen molar-refractivity contribution in [3.63, 3.8) is 0 Å². The molecule has 0 bridgehead atoms. The third-order valence-corrected chi connectivity index (χ3v) is 7.57. The number of carbonyl (C=O) groups excluding carboxylic acids is 1. The molecule has 0 radical (unpaired) electrons. The minimum Gasteiger partial charge on any atom is -0.370 e. The van der Waals surface area contributed by atoms with Crippen molar-refractivity contribution in [2.24, 2.45) is 5.92 Å². The number of nitrogens with zero attached hydrogens (tertiary/aromatic N) is 1. The normalized spacial score (nSPS) is 19.3. The molecule has 1 heterocycles. The van der Waals surface area contributed by atoms with Crippen molar-refractivity contribution in [2.75, 3.05) is 22.7 Å². The second-order valence-electron chi connectivity index (χ2n) is 8.55. The molecule has 1 N–H and O–H groups in total. The minimum absolute atomic E-state index is 0.224. The van der Waals surface area contributed by atoms with Gasteiger partial charge in [0.1, 0.15) is 10.7 Å². The Bertz CT molecular complexity index is 1080. The summed E-state index contributed by atoms with van der Waals surface area (Å²) in [7, 11) is -3.75. The summed E-state index contributed by atoms with van der Waals surface area (Å²) in [6.07, 6.45) is 2.53. The van der Waals surface area contributed by atoms with E-state index in [4.69, 9.17) is 0 Å². The molecule has 4 rings (SSSR count). The van der Waals surface area contributed by atoms with Gasteiger partial charge in [0.25, 0.3) is 10.0 Å². The number of nitrogens with one attached hydrogen (secondary N) is 1. The van der Waals surface area contributed by atoms with Gasteiger partial charge in [0.2, 0.25) is 0 Å². The quantitative estimate of drug-likeness (QED) is 0.824. The second-order valence-corrected chi connectivity index (χ2v) is 10.2. The van der Waals surface area contributed by atoms with Crippen LogP contribution in [0.5, 0.6) is 0 Å². The van der Waals surface area contributed by atoms with Gasteiger partial charge in [-0.05, 0) is 79.1 Å². The molecule has 0 spiro atoms. The number of benzene rings is 2. The van der Waals surface area contributed by atoms with Crippen molar-refractivity contribution in [2.45, 2.75) is 51.3 Å². The zero-order valence-corrected chi connectivity index (χ0v) is 18.1. The van der Waals surface area contributed by atoms with Crippen LogP contribution in [-0.4, -0.2) is 27.3 Å². The van der Waals surface area contributed by atoms with E-state index in [0.29, 0.717) is 35.8 Å². The zero-order chi connectivity index (χ0) is 20.8. The fourth-order valence-electron chi connectivity index (χ4n) is 4.26. The van der Waals surface area contributed by atoms with Crippen LogP contribution in [0.4, 0.5) is 11.4 Å². The fraction of sp³-hybridized carbons (Fsp3) is 0.435. The average molecular weight is 413 g/mol. The summed E-state index contributed by atoms with van der Waals surface area (Å²) in [6.45, 7) is 7.83. The molecule has 2 aromatic carbocycles. The van der Waals surface area contributed by atoms with Crippen LogP contribution in [0.3, 0.4) is 0 Å². The lowest BCUT2D eigenvalue weighted by Gasteiger charge is -2.26. The van der Waals surface area contributed by atoms with E-state index in [1.807, 2.05) is 32.0 Å². The molecule has 1 atom stereocenters. The third-order valence-electron chi connectivity index (χ3n) is 6.16. The number of hydrogen-bond acceptors (Lipinski definition) is 4. The highest BCUT2D eigenvalue weighted by atomic mass is 32.2. The number of hydrogen-bond donors (Lipinski definition) is 1. The Morgan fingerprint density at radius 3 is 2.52 bits per heavy atom. The second kappa shape index (κ2) is 7.48. The summed E-state index contributed by atoms with van der Waals surface area (Å²) >= 11 is 0. The molecule has 1 aliphatic carbocycles. The van der Waals surface area contributed by atoms with Gasteiger partial charge in [-0.25, -0.2) is 8.42 Å². The Kier molecular flexibility index (Phi) is 5.15. The molecule has 6 heteroatoms. The first kappa shape index (κ1) is 20.0. The highest BCUT2D eigenvalue weighted by molar-refractivity contribution is 7.92. The van der Waals surface area contributed by atoms with Gasteiger partial charge in [-0.2, -0.15) is 0 Å². The highest BCUT2D eigenvalue weighted by Gasteiger charge is 2.29. The van der Waals surface area contributed by atoms with E-state index in [9.17, 15) is 13.2 Å². The first-order valence-corrected chi connectivity index (χ1v) is 11.7. The highest BCUT2D eigenvalue weighted by Crippen LogP contribution is 2.35. The average Bonchev–Trinajstić information content (AvgIpc) is 3.09. The Morgan fingerprint density at radius 1 is 1.03 bits per heavy atom. The Hall–Kier alpha value is -2.34. The molecule has 2 aromatic rings. The van der Waals surface area contributed by atoms with Crippen molar-refractivity contribution < 1.29 is 13.2 Å². The monoisotopic (exact) mass is 412 g/mol. The van der Waals surface area contributed by atoms with Crippen LogP contribution in [0.25, 0.3) is 0 Å². The lowest BCUT2D eigenvalue weighted by Crippen LogP contribution is -2.25. The van der Waals surface area contributed by atoms with Crippen LogP contribution in [0, 0.1) is 19.8 Å². The number of sulfonamides is 1. The molecule has 0 aromatic heterocycles. The van der Waals surface area contributed by atoms with Gasteiger partial charge in [0.05, 0.1) is 5.69 Å². The molecule has 29 heavy (non-hydrogen) atoms. The van der Waals surface area contributed by atoms with E-state index in [2.05, 4.69) is 16.5 Å². The molecule has 2 aliphatic rings. The van der Waals surface area contributed by atoms with Crippen molar-refractivity contribution in [1.29, 1.82) is 0 Å². The summed E-state index contributed by atoms with van der Waals surface area (Å²) < 4.78 is 29.6. The molecular formula is C23H28N2O3S. The number of ketones is 1. The fourth-order valence-corrected chi connectivity index (χ4v) is 5.57. The standard InChI is InChI=1S/C23H28N2O3S/c1-15-8-9-25(14-15)22-12-19-11-21(26)7-5-18(19)13-23(22)29(27,28)24-20-6-4-16(2)17(3)10-20/h4,6,10,12-13,15,24H,5,7-9,11,14H2,1-3H3. The summed E-state index contributed by atoms with van der Waals surface area (Å²) in [5.74, 6) is 0.748. The zero-order valence-electron chi connectivity index (χ0n) is 17.3. The van der Waals surface area contributed by atoms with E-state index in [0.717, 1.165) is 47.5 Å². The molecule has 1 aliphatic heterocycles. The Morgan fingerprint density at radius 2 is 1.83 bits per heavy atom. The number of rotatable bonds is 4. The van der Waals surface area contributed by atoms with Crippen molar-refractivity contribution in [1.82, 2.24) is 0 Å². The molecule has 0 saturated carbocycles. The van der Waals surface area contributed by atoms with Crippen LogP contribution in [0.15, 0.2) is 35.2 Å². The number of anilines is 2. The van der Waals surface area contributed by atoms with Crippen LogP contribution in [0.1, 0.15) is 42.0 Å². The molecule has 154 valence electrons. The molecule has 0 amide bonds. The Balaban J connectivity index is 1.77. The summed E-state index contributed by atoms with van der Waals surface area (Å²) in [4.78, 5) is 14.4. The van der Waals surface area contributed by atoms with E-state index < -0.39 is 10.0 Å². The largest absolute Gasteiger partial charge is 0.370 e. The predicted molar refractivity (Wildman–Crippen MR) is 116 cm³/mol. The number of Topliss-reactive ketones (excluding diaryl/α,β-unsaturated/α-hetero) is 1. The van der Waals surface area contributed by atoms with Gasteiger partial charge in [-0.3, -0.25) is 9.52 Å². The van der Waals surface area contributed by atoms with Crippen LogP contribution >= 0.6 is 0 Å². The topological polar surface area (TPSA) is 66.5 Å². The SMILES string of the molecule is Cc1ccc(NS(=O)(=O)c2cc3c(cc2N2CCC(C)C2)CC(=O)CC3)cc1C. The number of carbonyl (C=O) groups is 1. The summed E-state index contributed by atoms with van der Waals surface area (Å²) in [5, 5.41) is 0. The van der Waals surface area contributed by atoms with Crippen LogP contribution in [-0.2, 0) is 27.7 Å². The minimum atomic E-state index is -3.75. The lowest BCUT2D eigenvalue weighted by molar-refractivity contribution is -0.118. The first-order valence-electron chi connectivity index (χ1n) is 10.3. The Labute approximate surface area is 173 Å². The predicted octanol–water partition coefficient (Wildman–Crippen LogP) is 4.01.